The van der Waals surface area contributed by atoms with E-state index in [2.05, 4.69) is 29.1 Å². The van der Waals surface area contributed by atoms with Crippen LogP contribution in [0.3, 0.4) is 0 Å². The molecule has 0 unspecified atom stereocenters. The molecule has 1 heterocycles. The molecule has 0 saturated carbocycles. The third-order valence-corrected chi connectivity index (χ3v) is 2.48. The van der Waals surface area contributed by atoms with Gasteiger partial charge in [-0.15, -0.1) is 0 Å². The van der Waals surface area contributed by atoms with Crippen molar-refractivity contribution in [3.63, 3.8) is 0 Å². The first-order valence-electron chi connectivity index (χ1n) is 5.88. The van der Waals surface area contributed by atoms with Gasteiger partial charge in [0, 0.05) is 18.9 Å². The van der Waals surface area contributed by atoms with Crippen LogP contribution in [0.5, 0.6) is 0 Å². The summed E-state index contributed by atoms with van der Waals surface area (Å²) < 4.78 is 0. The lowest BCUT2D eigenvalue weighted by Gasteiger charge is -2.28. The predicted octanol–water partition coefficient (Wildman–Crippen LogP) is 0.332. The van der Waals surface area contributed by atoms with E-state index in [1.54, 1.807) is 18.5 Å². The van der Waals surface area contributed by atoms with Gasteiger partial charge in [0.15, 0.2) is 0 Å². The van der Waals surface area contributed by atoms with Crippen LogP contribution in [0, 0.1) is 5.41 Å². The number of aromatic nitrogens is 2. The molecule has 18 heavy (non-hydrogen) atoms. The average molecular weight is 251 g/mol. The van der Waals surface area contributed by atoms with Crippen LogP contribution in [-0.2, 0) is 4.79 Å². The number of likely N-dealkylation sites (N-methyl/N-ethyl adjacent to an activating group) is 1. The first-order valence-corrected chi connectivity index (χ1v) is 5.88. The number of rotatable bonds is 6. The van der Waals surface area contributed by atoms with E-state index >= 15 is 0 Å². The number of amides is 1. The summed E-state index contributed by atoms with van der Waals surface area (Å²) in [5.41, 5.74) is 5.66. The lowest BCUT2D eigenvalue weighted by Crippen LogP contribution is -2.40. The Balaban J connectivity index is 2.41. The number of hydrogen-bond acceptors (Lipinski definition) is 5. The Morgan fingerprint density at radius 2 is 2.06 bits per heavy atom. The highest BCUT2D eigenvalue weighted by Gasteiger charge is 2.19. The number of nitrogens with one attached hydrogen (secondary N) is 1. The Bertz CT molecular complexity index is 379. The van der Waals surface area contributed by atoms with E-state index in [-0.39, 0.29) is 11.3 Å². The molecule has 6 heteroatoms. The van der Waals surface area contributed by atoms with Crippen molar-refractivity contribution in [2.75, 3.05) is 32.0 Å². The van der Waals surface area contributed by atoms with E-state index in [1.807, 2.05) is 11.9 Å². The highest BCUT2D eigenvalue weighted by Crippen LogP contribution is 2.13. The zero-order chi connectivity index (χ0) is 13.6. The van der Waals surface area contributed by atoms with E-state index in [0.29, 0.717) is 19.0 Å². The zero-order valence-corrected chi connectivity index (χ0v) is 11.2. The molecule has 0 aliphatic carbocycles. The summed E-state index contributed by atoms with van der Waals surface area (Å²) in [7, 11) is 1.89. The summed E-state index contributed by atoms with van der Waals surface area (Å²) in [6.45, 7) is 5.78. The first kappa shape index (κ1) is 14.5. The molecule has 1 aromatic rings. The van der Waals surface area contributed by atoms with E-state index in [1.165, 1.54) is 0 Å². The van der Waals surface area contributed by atoms with Gasteiger partial charge in [-0.3, -0.25) is 15.0 Å². The summed E-state index contributed by atoms with van der Waals surface area (Å²) in [6.07, 6.45) is 3.17. The average Bonchev–Trinajstić information content (AvgIpc) is 2.29. The van der Waals surface area contributed by atoms with E-state index in [4.69, 9.17) is 5.73 Å². The maximum atomic E-state index is 11.7. The van der Waals surface area contributed by atoms with Crippen molar-refractivity contribution in [1.82, 2.24) is 14.9 Å². The normalized spacial score (nSPS) is 11.6. The number of anilines is 1. The van der Waals surface area contributed by atoms with Gasteiger partial charge in [-0.25, -0.2) is 9.97 Å². The van der Waals surface area contributed by atoms with Gasteiger partial charge in [0.25, 0.3) is 0 Å². The molecule has 0 aromatic carbocycles. The number of hydrogen-bond donors (Lipinski definition) is 2. The molecule has 0 saturated heterocycles. The van der Waals surface area contributed by atoms with Crippen LogP contribution >= 0.6 is 0 Å². The van der Waals surface area contributed by atoms with E-state index in [9.17, 15) is 4.79 Å². The van der Waals surface area contributed by atoms with Crippen molar-refractivity contribution in [1.29, 1.82) is 0 Å². The Labute approximate surface area is 108 Å². The number of carbonyl (C=O) groups is 1. The largest absolute Gasteiger partial charge is 0.330 e. The molecule has 1 aromatic heterocycles. The van der Waals surface area contributed by atoms with Gasteiger partial charge in [0.1, 0.15) is 0 Å². The number of nitrogens with two attached hydrogens (primary N) is 1. The van der Waals surface area contributed by atoms with Crippen molar-refractivity contribution in [2.24, 2.45) is 11.1 Å². The molecule has 0 bridgehead atoms. The summed E-state index contributed by atoms with van der Waals surface area (Å²) in [4.78, 5) is 21.5. The van der Waals surface area contributed by atoms with Crippen LogP contribution in [0.4, 0.5) is 5.95 Å². The second-order valence-electron chi connectivity index (χ2n) is 5.16. The molecule has 1 amide bonds. The van der Waals surface area contributed by atoms with Crippen molar-refractivity contribution in [3.05, 3.63) is 18.5 Å². The minimum atomic E-state index is -0.128. The molecule has 6 nitrogen and oxygen atoms in total. The molecule has 0 aliphatic rings. The Morgan fingerprint density at radius 1 is 1.44 bits per heavy atom. The highest BCUT2D eigenvalue weighted by atomic mass is 16.2. The highest BCUT2D eigenvalue weighted by molar-refractivity contribution is 5.90. The lowest BCUT2D eigenvalue weighted by atomic mass is 9.93. The zero-order valence-electron chi connectivity index (χ0n) is 11.2. The Morgan fingerprint density at radius 3 is 2.61 bits per heavy atom. The third kappa shape index (κ3) is 5.20. The lowest BCUT2D eigenvalue weighted by molar-refractivity contribution is -0.117. The van der Waals surface area contributed by atoms with Gasteiger partial charge in [-0.1, -0.05) is 13.8 Å². The van der Waals surface area contributed by atoms with Crippen molar-refractivity contribution in [3.8, 4) is 0 Å². The van der Waals surface area contributed by atoms with Crippen LogP contribution in [0.15, 0.2) is 18.5 Å². The maximum absolute atomic E-state index is 11.7. The first-order chi connectivity index (χ1) is 8.43. The minimum absolute atomic E-state index is 0.00171. The van der Waals surface area contributed by atoms with Gasteiger partial charge in [-0.05, 0) is 25.1 Å². The predicted molar refractivity (Wildman–Crippen MR) is 71.0 cm³/mol. The quantitative estimate of drug-likeness (QED) is 0.761. The molecule has 0 radical (unpaired) electrons. The smallest absolute Gasteiger partial charge is 0.240 e. The Hall–Kier alpha value is -1.53. The maximum Gasteiger partial charge on any atom is 0.240 e. The van der Waals surface area contributed by atoms with Crippen LogP contribution in [-0.4, -0.2) is 47.5 Å². The van der Waals surface area contributed by atoms with Crippen molar-refractivity contribution >= 4 is 11.9 Å². The molecule has 100 valence electrons. The fourth-order valence-electron chi connectivity index (χ4n) is 1.62. The topological polar surface area (TPSA) is 84.1 Å². The van der Waals surface area contributed by atoms with Crippen LogP contribution in [0.2, 0.25) is 0 Å². The van der Waals surface area contributed by atoms with Crippen LogP contribution in [0.1, 0.15) is 13.8 Å². The fraction of sp³-hybridized carbons (Fsp3) is 0.583. The molecule has 0 spiro atoms. The molecular formula is C12H21N5O. The molecule has 3 N–H and O–H groups in total. The standard InChI is InChI=1S/C12H21N5O/c1-12(2,8-13)9-17(3)7-10(18)16-11-14-5-4-6-15-11/h4-6H,7-9,13H2,1-3H3,(H,14,15,16,18). The Kier molecular flexibility index (Phi) is 5.18. The summed E-state index contributed by atoms with van der Waals surface area (Å²) in [5.74, 6) is 0.200. The molecule has 1 rings (SSSR count). The SMILES string of the molecule is CN(CC(=O)Nc1ncccn1)CC(C)(C)CN. The second-order valence-corrected chi connectivity index (χ2v) is 5.16. The monoisotopic (exact) mass is 251 g/mol. The van der Waals surface area contributed by atoms with Gasteiger partial charge < -0.3 is 5.73 Å². The minimum Gasteiger partial charge on any atom is -0.330 e. The fourth-order valence-corrected chi connectivity index (χ4v) is 1.62. The van der Waals surface area contributed by atoms with Gasteiger partial charge in [-0.2, -0.15) is 0 Å². The second kappa shape index (κ2) is 6.42. The molecule has 0 fully saturated rings. The van der Waals surface area contributed by atoms with E-state index in [0.717, 1.165) is 6.54 Å². The molecule has 0 aliphatic heterocycles. The molecule has 0 atom stereocenters. The van der Waals surface area contributed by atoms with Crippen LogP contribution in [0.25, 0.3) is 0 Å². The summed E-state index contributed by atoms with van der Waals surface area (Å²) in [5, 5.41) is 2.64. The summed E-state index contributed by atoms with van der Waals surface area (Å²) in [6, 6.07) is 1.70. The number of carbonyl (C=O) groups excluding carboxylic acids is 1. The van der Waals surface area contributed by atoms with E-state index < -0.39 is 0 Å². The third-order valence-electron chi connectivity index (χ3n) is 2.48. The van der Waals surface area contributed by atoms with Crippen LogP contribution < -0.4 is 11.1 Å². The van der Waals surface area contributed by atoms with Gasteiger partial charge in [0.05, 0.1) is 6.54 Å². The molecular weight excluding hydrogens is 230 g/mol. The van der Waals surface area contributed by atoms with Gasteiger partial charge in [0.2, 0.25) is 11.9 Å². The number of nitrogens with zero attached hydrogens (tertiary/aromatic N) is 3. The summed E-state index contributed by atoms with van der Waals surface area (Å²) >= 11 is 0. The van der Waals surface area contributed by atoms with Gasteiger partial charge >= 0.3 is 0 Å². The van der Waals surface area contributed by atoms with Crippen molar-refractivity contribution < 1.29 is 4.79 Å². The van der Waals surface area contributed by atoms with Crippen molar-refractivity contribution in [2.45, 2.75) is 13.8 Å².